The molecule has 0 fully saturated rings. The van der Waals surface area contributed by atoms with Crippen molar-refractivity contribution in [3.05, 3.63) is 60.9 Å². The summed E-state index contributed by atoms with van der Waals surface area (Å²) in [6.07, 6.45) is 1.51. The zero-order valence-electron chi connectivity index (χ0n) is 12.5. The first-order chi connectivity index (χ1) is 11.9. The molecule has 1 aromatic carbocycles. The number of urea groups is 1. The molecule has 25 heavy (non-hydrogen) atoms. The van der Waals surface area contributed by atoms with E-state index in [1.165, 1.54) is 30.9 Å². The Hall–Kier alpha value is -3.43. The van der Waals surface area contributed by atoms with Crippen LogP contribution in [0.2, 0.25) is 0 Å². The maximum absolute atomic E-state index is 12.7. The average molecular weight is 348 g/mol. The maximum atomic E-state index is 12.7. The first-order valence-corrected chi connectivity index (χ1v) is 6.97. The topological polar surface area (TPSA) is 84.7 Å². The molecule has 10 heteroatoms. The Balaban J connectivity index is 1.70. The van der Waals surface area contributed by atoms with Crippen LogP contribution in [0.25, 0.3) is 5.82 Å². The zero-order chi connectivity index (χ0) is 17.9. The van der Waals surface area contributed by atoms with Gasteiger partial charge in [0.25, 0.3) is 0 Å². The summed E-state index contributed by atoms with van der Waals surface area (Å²) < 4.78 is 39.6. The van der Waals surface area contributed by atoms with Crippen molar-refractivity contribution in [3.63, 3.8) is 0 Å². The Kier molecular flexibility index (Phi) is 4.33. The van der Waals surface area contributed by atoms with Gasteiger partial charge >= 0.3 is 12.2 Å². The van der Waals surface area contributed by atoms with E-state index < -0.39 is 17.8 Å². The van der Waals surface area contributed by atoms with Gasteiger partial charge in [0.2, 0.25) is 0 Å². The molecule has 2 N–H and O–H groups in total. The molecule has 0 aliphatic carbocycles. The highest BCUT2D eigenvalue weighted by molar-refractivity contribution is 5.99. The maximum Gasteiger partial charge on any atom is 0.416 e. The van der Waals surface area contributed by atoms with E-state index in [2.05, 4.69) is 25.6 Å². The van der Waals surface area contributed by atoms with E-state index in [-0.39, 0.29) is 11.5 Å². The fourth-order valence-electron chi connectivity index (χ4n) is 2.00. The third-order valence-corrected chi connectivity index (χ3v) is 3.11. The van der Waals surface area contributed by atoms with Crippen LogP contribution in [0.4, 0.5) is 29.5 Å². The van der Waals surface area contributed by atoms with Gasteiger partial charge in [-0.15, -0.1) is 0 Å². The van der Waals surface area contributed by atoms with Crippen LogP contribution in [0, 0.1) is 0 Å². The van der Waals surface area contributed by atoms with Crippen molar-refractivity contribution in [1.29, 1.82) is 0 Å². The molecule has 3 rings (SSSR count). The molecule has 0 aliphatic heterocycles. The number of imidazole rings is 1. The van der Waals surface area contributed by atoms with Crippen LogP contribution in [0.15, 0.2) is 55.4 Å². The number of anilines is 2. The molecule has 2 heterocycles. The van der Waals surface area contributed by atoms with Gasteiger partial charge in [0.15, 0.2) is 0 Å². The summed E-state index contributed by atoms with van der Waals surface area (Å²) in [6, 6.07) is 5.09. The molecule has 0 saturated heterocycles. The molecule has 0 radical (unpaired) electrons. The van der Waals surface area contributed by atoms with Gasteiger partial charge in [-0.3, -0.25) is 9.88 Å². The van der Waals surface area contributed by atoms with E-state index in [1.54, 1.807) is 17.0 Å². The minimum atomic E-state index is -4.49. The largest absolute Gasteiger partial charge is 0.416 e. The number of rotatable bonds is 3. The number of hydrogen-bond donors (Lipinski definition) is 2. The highest BCUT2D eigenvalue weighted by Crippen LogP contribution is 2.30. The Morgan fingerprint density at radius 1 is 1.12 bits per heavy atom. The second kappa shape index (κ2) is 6.59. The molecule has 0 atom stereocenters. The minimum absolute atomic E-state index is 0.0104. The van der Waals surface area contributed by atoms with E-state index in [0.717, 1.165) is 12.1 Å². The van der Waals surface area contributed by atoms with Gasteiger partial charge in [0.05, 0.1) is 5.56 Å². The quantitative estimate of drug-likeness (QED) is 0.760. The van der Waals surface area contributed by atoms with E-state index in [4.69, 9.17) is 0 Å². The normalized spacial score (nSPS) is 11.2. The number of nitrogens with zero attached hydrogens (tertiary/aromatic N) is 4. The van der Waals surface area contributed by atoms with Crippen LogP contribution in [0.1, 0.15) is 5.56 Å². The summed E-state index contributed by atoms with van der Waals surface area (Å²) in [6.45, 7) is 0. The van der Waals surface area contributed by atoms with Crippen LogP contribution < -0.4 is 10.6 Å². The predicted octanol–water partition coefficient (Wildman–Crippen LogP) is 3.33. The summed E-state index contributed by atoms with van der Waals surface area (Å²) in [7, 11) is 0. The summed E-state index contributed by atoms with van der Waals surface area (Å²) in [5.74, 6) is 0.657. The van der Waals surface area contributed by atoms with E-state index >= 15 is 0 Å². The van der Waals surface area contributed by atoms with Gasteiger partial charge in [0.1, 0.15) is 24.3 Å². The Morgan fingerprint density at radius 2 is 1.96 bits per heavy atom. The van der Waals surface area contributed by atoms with Crippen LogP contribution in [0.3, 0.4) is 0 Å². The SMILES string of the molecule is O=C(Nc1cccc(C(F)(F)F)c1)Nc1cc(-n2ccnc2)ncn1. The lowest BCUT2D eigenvalue weighted by Crippen LogP contribution is -2.20. The van der Waals surface area contributed by atoms with Crippen LogP contribution in [-0.4, -0.2) is 25.6 Å². The molecular formula is C15H11F3N6O. The number of halogens is 3. The second-order valence-corrected chi connectivity index (χ2v) is 4.89. The first-order valence-electron chi connectivity index (χ1n) is 6.97. The van der Waals surface area contributed by atoms with Gasteiger partial charge in [-0.2, -0.15) is 13.2 Å². The number of hydrogen-bond acceptors (Lipinski definition) is 4. The Morgan fingerprint density at radius 3 is 2.68 bits per heavy atom. The van der Waals surface area contributed by atoms with Crippen LogP contribution in [0.5, 0.6) is 0 Å². The summed E-state index contributed by atoms with van der Waals surface area (Å²) in [5, 5.41) is 4.76. The van der Waals surface area contributed by atoms with Crippen molar-refractivity contribution in [1.82, 2.24) is 19.5 Å². The number of carbonyl (C=O) groups is 1. The highest BCUT2D eigenvalue weighted by Gasteiger charge is 2.30. The van der Waals surface area contributed by atoms with Crippen molar-refractivity contribution in [2.24, 2.45) is 0 Å². The lowest BCUT2D eigenvalue weighted by atomic mass is 10.2. The third-order valence-electron chi connectivity index (χ3n) is 3.11. The second-order valence-electron chi connectivity index (χ2n) is 4.89. The average Bonchev–Trinajstić information content (AvgIpc) is 3.09. The summed E-state index contributed by atoms with van der Waals surface area (Å²) in [5.41, 5.74) is -0.842. The molecule has 7 nitrogen and oxygen atoms in total. The van der Waals surface area contributed by atoms with E-state index in [1.807, 2.05) is 0 Å². The molecule has 0 saturated carbocycles. The van der Waals surface area contributed by atoms with Gasteiger partial charge in [-0.05, 0) is 18.2 Å². The van der Waals surface area contributed by atoms with Crippen molar-refractivity contribution < 1.29 is 18.0 Å². The van der Waals surface area contributed by atoms with Gasteiger partial charge in [0, 0.05) is 24.1 Å². The summed E-state index contributed by atoms with van der Waals surface area (Å²) >= 11 is 0. The molecule has 128 valence electrons. The minimum Gasteiger partial charge on any atom is -0.308 e. The predicted molar refractivity (Wildman–Crippen MR) is 83.2 cm³/mol. The van der Waals surface area contributed by atoms with Crippen LogP contribution in [-0.2, 0) is 6.18 Å². The monoisotopic (exact) mass is 348 g/mol. The number of benzene rings is 1. The fraction of sp³-hybridized carbons (Fsp3) is 0.0667. The van der Waals surface area contributed by atoms with Gasteiger partial charge in [-0.25, -0.2) is 19.7 Å². The highest BCUT2D eigenvalue weighted by atomic mass is 19.4. The number of alkyl halides is 3. The number of aromatic nitrogens is 4. The zero-order valence-corrected chi connectivity index (χ0v) is 12.5. The lowest BCUT2D eigenvalue weighted by Gasteiger charge is -2.10. The number of carbonyl (C=O) groups excluding carboxylic acids is 1. The molecule has 2 amide bonds. The van der Waals surface area contributed by atoms with E-state index in [9.17, 15) is 18.0 Å². The summed E-state index contributed by atoms with van der Waals surface area (Å²) in [4.78, 5) is 23.8. The first kappa shape index (κ1) is 16.4. The third kappa shape index (κ3) is 4.10. The van der Waals surface area contributed by atoms with E-state index in [0.29, 0.717) is 5.82 Å². The smallest absolute Gasteiger partial charge is 0.308 e. The molecule has 0 unspecified atom stereocenters. The fourth-order valence-corrected chi connectivity index (χ4v) is 2.00. The van der Waals surface area contributed by atoms with Crippen LogP contribution >= 0.6 is 0 Å². The molecule has 3 aromatic rings. The standard InChI is InChI=1S/C15H11F3N6O/c16-15(17,18)10-2-1-3-11(6-10)22-14(25)23-12-7-13(21-8-20-12)24-5-4-19-9-24/h1-9H,(H2,20,21,22,23,25). The van der Waals surface area contributed by atoms with Crippen molar-refractivity contribution in [2.75, 3.05) is 10.6 Å². The Labute approximate surface area is 139 Å². The Bertz CT molecular complexity index is 879. The molecular weight excluding hydrogens is 337 g/mol. The molecule has 0 bridgehead atoms. The molecule has 2 aromatic heterocycles. The van der Waals surface area contributed by atoms with Crippen molar-refractivity contribution in [2.45, 2.75) is 6.18 Å². The van der Waals surface area contributed by atoms with Crippen molar-refractivity contribution in [3.8, 4) is 5.82 Å². The molecule has 0 aliphatic rings. The van der Waals surface area contributed by atoms with Gasteiger partial charge < -0.3 is 5.32 Å². The molecule has 0 spiro atoms. The van der Waals surface area contributed by atoms with Crippen molar-refractivity contribution >= 4 is 17.5 Å². The number of nitrogens with one attached hydrogen (secondary N) is 2. The van der Waals surface area contributed by atoms with Gasteiger partial charge in [-0.1, -0.05) is 6.07 Å². The lowest BCUT2D eigenvalue weighted by molar-refractivity contribution is -0.137. The number of amides is 2.